The molecule has 0 aromatic heterocycles. The van der Waals surface area contributed by atoms with Crippen molar-refractivity contribution in [2.24, 2.45) is 0 Å². The molecule has 0 radical (unpaired) electrons. The number of hydrogen-bond acceptors (Lipinski definition) is 3. The van der Waals surface area contributed by atoms with Gasteiger partial charge in [0.25, 0.3) is 0 Å². The lowest BCUT2D eigenvalue weighted by molar-refractivity contribution is -0.117. The number of nitrogens with one attached hydrogen (secondary N) is 2. The first kappa shape index (κ1) is 15.4. The largest absolute Gasteiger partial charge is 0.325 e. The summed E-state index contributed by atoms with van der Waals surface area (Å²) in [7, 11) is 0. The van der Waals surface area contributed by atoms with E-state index in [2.05, 4.69) is 17.6 Å². The Morgan fingerprint density at radius 2 is 2.10 bits per heavy atom. The van der Waals surface area contributed by atoms with Gasteiger partial charge >= 0.3 is 0 Å². The van der Waals surface area contributed by atoms with Crippen molar-refractivity contribution in [2.45, 2.75) is 44.4 Å². The second-order valence-electron chi connectivity index (χ2n) is 5.86. The average Bonchev–Trinajstić information content (AvgIpc) is 2.86. The first-order valence-corrected chi connectivity index (χ1v) is 8.22. The van der Waals surface area contributed by atoms with Crippen LogP contribution in [0.1, 0.15) is 32.3 Å². The molecule has 0 bridgehead atoms. The third-order valence-electron chi connectivity index (χ3n) is 3.80. The maximum atomic E-state index is 12.1. The lowest BCUT2D eigenvalue weighted by Crippen LogP contribution is -2.44. The molecule has 0 aliphatic carbocycles. The number of hydrogen-bond donors (Lipinski definition) is 2. The van der Waals surface area contributed by atoms with Crippen molar-refractivity contribution in [2.75, 3.05) is 17.6 Å². The minimum atomic E-state index is -0.172. The molecule has 3 nitrogen and oxygen atoms in total. The predicted molar refractivity (Wildman–Crippen MR) is 87.4 cm³/mol. The highest BCUT2D eigenvalue weighted by Crippen LogP contribution is 2.37. The lowest BCUT2D eigenvalue weighted by Gasteiger charge is -2.25. The molecule has 1 aromatic carbocycles. The number of carbonyl (C=O) groups is 1. The Balaban J connectivity index is 1.81. The maximum absolute atomic E-state index is 12.1. The molecule has 2 N–H and O–H groups in total. The van der Waals surface area contributed by atoms with Gasteiger partial charge in [0, 0.05) is 17.0 Å². The van der Waals surface area contributed by atoms with Gasteiger partial charge in [0.2, 0.25) is 5.91 Å². The van der Waals surface area contributed by atoms with E-state index >= 15 is 0 Å². The zero-order chi connectivity index (χ0) is 14.6. The molecule has 4 heteroatoms. The van der Waals surface area contributed by atoms with Crippen LogP contribution in [0.5, 0.6) is 0 Å². The van der Waals surface area contributed by atoms with E-state index in [1.165, 1.54) is 24.2 Å². The Labute approximate surface area is 125 Å². The average molecular weight is 292 g/mol. The Kier molecular flexibility index (Phi) is 5.11. The molecule has 0 saturated carbocycles. The van der Waals surface area contributed by atoms with Crippen LogP contribution in [0.15, 0.2) is 24.3 Å². The third kappa shape index (κ3) is 4.25. The number of benzene rings is 1. The van der Waals surface area contributed by atoms with Crippen molar-refractivity contribution in [1.29, 1.82) is 0 Å². The van der Waals surface area contributed by atoms with Crippen LogP contribution >= 0.6 is 11.8 Å². The summed E-state index contributed by atoms with van der Waals surface area (Å²) in [6.07, 6.45) is 2.52. The van der Waals surface area contributed by atoms with Crippen molar-refractivity contribution in [1.82, 2.24) is 5.32 Å². The molecule has 2 atom stereocenters. The van der Waals surface area contributed by atoms with Gasteiger partial charge < -0.3 is 10.6 Å². The molecule has 1 heterocycles. The van der Waals surface area contributed by atoms with Crippen LogP contribution in [0, 0.1) is 6.92 Å². The standard InChI is InChI=1S/C16H24N2OS/c1-12-5-7-14(8-6-12)18-15(19)13(2)17-11-16(3)9-4-10-20-16/h5-8,13,17H,4,9-11H2,1-3H3,(H,18,19). The van der Waals surface area contributed by atoms with E-state index in [-0.39, 0.29) is 11.9 Å². The lowest BCUT2D eigenvalue weighted by atomic mass is 10.1. The quantitative estimate of drug-likeness (QED) is 0.875. The number of amides is 1. The molecule has 1 aliphatic rings. The molecule has 2 rings (SSSR count). The normalized spacial score (nSPS) is 23.6. The highest BCUT2D eigenvalue weighted by molar-refractivity contribution is 8.00. The van der Waals surface area contributed by atoms with Gasteiger partial charge in [-0.2, -0.15) is 11.8 Å². The van der Waals surface area contributed by atoms with E-state index in [1.807, 2.05) is 49.9 Å². The van der Waals surface area contributed by atoms with Crippen LogP contribution < -0.4 is 10.6 Å². The SMILES string of the molecule is Cc1ccc(NC(=O)C(C)NCC2(C)CCCS2)cc1. The molecule has 0 spiro atoms. The number of anilines is 1. The molecule has 1 aromatic rings. The summed E-state index contributed by atoms with van der Waals surface area (Å²) in [5, 5.41) is 6.31. The fraction of sp³-hybridized carbons (Fsp3) is 0.562. The molecule has 1 amide bonds. The molecule has 2 unspecified atom stereocenters. The minimum Gasteiger partial charge on any atom is -0.325 e. The van der Waals surface area contributed by atoms with E-state index in [4.69, 9.17) is 0 Å². The van der Waals surface area contributed by atoms with E-state index in [0.717, 1.165) is 12.2 Å². The number of carbonyl (C=O) groups excluding carboxylic acids is 1. The summed E-state index contributed by atoms with van der Waals surface area (Å²) in [5.74, 6) is 1.27. The van der Waals surface area contributed by atoms with Gasteiger partial charge in [-0.05, 0) is 51.5 Å². The van der Waals surface area contributed by atoms with Crippen LogP contribution in [0.25, 0.3) is 0 Å². The number of aryl methyl sites for hydroxylation is 1. The summed E-state index contributed by atoms with van der Waals surface area (Å²) in [4.78, 5) is 12.1. The zero-order valence-corrected chi connectivity index (χ0v) is 13.3. The molecular weight excluding hydrogens is 268 g/mol. The summed E-state index contributed by atoms with van der Waals surface area (Å²) < 4.78 is 0.290. The fourth-order valence-corrected chi connectivity index (χ4v) is 3.58. The third-order valence-corrected chi connectivity index (χ3v) is 5.33. The van der Waals surface area contributed by atoms with Gasteiger partial charge in [-0.25, -0.2) is 0 Å². The molecular formula is C16H24N2OS. The van der Waals surface area contributed by atoms with Crippen molar-refractivity contribution in [3.63, 3.8) is 0 Å². The van der Waals surface area contributed by atoms with E-state index in [0.29, 0.717) is 4.75 Å². The van der Waals surface area contributed by atoms with E-state index < -0.39 is 0 Å². The van der Waals surface area contributed by atoms with Crippen molar-refractivity contribution < 1.29 is 4.79 Å². The zero-order valence-electron chi connectivity index (χ0n) is 12.5. The van der Waals surface area contributed by atoms with E-state index in [1.54, 1.807) is 0 Å². The molecule has 20 heavy (non-hydrogen) atoms. The van der Waals surface area contributed by atoms with Crippen molar-refractivity contribution >= 4 is 23.4 Å². The Morgan fingerprint density at radius 1 is 1.40 bits per heavy atom. The Morgan fingerprint density at radius 3 is 2.70 bits per heavy atom. The molecule has 1 aliphatic heterocycles. The van der Waals surface area contributed by atoms with Crippen LogP contribution in [0.4, 0.5) is 5.69 Å². The molecule has 110 valence electrons. The monoisotopic (exact) mass is 292 g/mol. The first-order chi connectivity index (χ1) is 9.48. The maximum Gasteiger partial charge on any atom is 0.241 e. The Hall–Kier alpha value is -1.00. The first-order valence-electron chi connectivity index (χ1n) is 7.23. The predicted octanol–water partition coefficient (Wildman–Crippen LogP) is 3.20. The topological polar surface area (TPSA) is 41.1 Å². The van der Waals surface area contributed by atoms with Crippen LogP contribution in [-0.2, 0) is 4.79 Å². The van der Waals surface area contributed by atoms with E-state index in [9.17, 15) is 4.79 Å². The highest BCUT2D eigenvalue weighted by Gasteiger charge is 2.30. The van der Waals surface area contributed by atoms with Crippen LogP contribution in [-0.4, -0.2) is 29.0 Å². The second-order valence-corrected chi connectivity index (χ2v) is 7.54. The van der Waals surface area contributed by atoms with Gasteiger partial charge in [-0.3, -0.25) is 4.79 Å². The highest BCUT2D eigenvalue weighted by atomic mass is 32.2. The smallest absolute Gasteiger partial charge is 0.241 e. The summed E-state index contributed by atoms with van der Waals surface area (Å²) in [6, 6.07) is 7.71. The number of rotatable bonds is 5. The van der Waals surface area contributed by atoms with Gasteiger partial charge in [-0.1, -0.05) is 17.7 Å². The number of thioether (sulfide) groups is 1. The summed E-state index contributed by atoms with van der Waals surface area (Å²) >= 11 is 2.01. The minimum absolute atomic E-state index is 0.0282. The van der Waals surface area contributed by atoms with Crippen molar-refractivity contribution in [3.8, 4) is 0 Å². The van der Waals surface area contributed by atoms with Crippen molar-refractivity contribution in [3.05, 3.63) is 29.8 Å². The molecule has 1 fully saturated rings. The fourth-order valence-electron chi connectivity index (χ4n) is 2.33. The van der Waals surface area contributed by atoms with Gasteiger partial charge in [0.1, 0.15) is 0 Å². The summed E-state index contributed by atoms with van der Waals surface area (Å²) in [5.41, 5.74) is 2.05. The van der Waals surface area contributed by atoms with Gasteiger partial charge in [-0.15, -0.1) is 0 Å². The van der Waals surface area contributed by atoms with Crippen LogP contribution in [0.3, 0.4) is 0 Å². The van der Waals surface area contributed by atoms with Crippen LogP contribution in [0.2, 0.25) is 0 Å². The summed E-state index contributed by atoms with van der Waals surface area (Å²) in [6.45, 7) is 7.13. The molecule has 1 saturated heterocycles. The van der Waals surface area contributed by atoms with Gasteiger partial charge in [0.05, 0.1) is 6.04 Å². The second kappa shape index (κ2) is 6.64. The van der Waals surface area contributed by atoms with Gasteiger partial charge in [0.15, 0.2) is 0 Å². The Bertz CT molecular complexity index is 452.